The number of hydrogen-bond donors (Lipinski definition) is 1. The van der Waals surface area contributed by atoms with Gasteiger partial charge in [0.2, 0.25) is 5.91 Å². The fourth-order valence-corrected chi connectivity index (χ4v) is 2.38. The second kappa shape index (κ2) is 5.06. The summed E-state index contributed by atoms with van der Waals surface area (Å²) in [6.45, 7) is 0.362. The Bertz CT molecular complexity index is 420. The molecule has 1 N–H and O–H groups in total. The molecule has 0 unspecified atom stereocenters. The maximum atomic E-state index is 12.8. The summed E-state index contributed by atoms with van der Waals surface area (Å²) in [6.07, 6.45) is 2.52. The van der Waals surface area contributed by atoms with E-state index in [-0.39, 0.29) is 18.3 Å². The lowest BCUT2D eigenvalue weighted by Gasteiger charge is -2.41. The molecule has 0 spiro atoms. The van der Waals surface area contributed by atoms with Crippen molar-refractivity contribution < 1.29 is 14.3 Å². The van der Waals surface area contributed by atoms with Gasteiger partial charge in [-0.05, 0) is 30.5 Å². The summed E-state index contributed by atoms with van der Waals surface area (Å²) in [4.78, 5) is 13.9. The molecule has 1 aromatic rings. The van der Waals surface area contributed by atoms with Gasteiger partial charge in [-0.2, -0.15) is 0 Å². The molecule has 1 aliphatic carbocycles. The predicted molar refractivity (Wildman–Crippen MR) is 66.2 cm³/mol. The Balaban J connectivity index is 2.01. The number of amides is 1. The van der Waals surface area contributed by atoms with Gasteiger partial charge in [0.15, 0.2) is 0 Å². The molecular weight excluding hydrogens is 233 g/mol. The zero-order chi connectivity index (χ0) is 13.2. The molecule has 1 fully saturated rings. The van der Waals surface area contributed by atoms with Crippen LogP contribution in [0.25, 0.3) is 0 Å². The number of hydrogen-bond acceptors (Lipinski definition) is 2. The predicted octanol–water partition coefficient (Wildman–Crippen LogP) is 1.95. The Morgan fingerprint density at radius 2 is 2.00 bits per heavy atom. The molecular formula is C14H18FNO2. The van der Waals surface area contributed by atoms with E-state index in [1.165, 1.54) is 12.1 Å². The Morgan fingerprint density at radius 1 is 1.39 bits per heavy atom. The topological polar surface area (TPSA) is 40.5 Å². The van der Waals surface area contributed by atoms with E-state index in [1.807, 2.05) is 0 Å². The summed E-state index contributed by atoms with van der Waals surface area (Å²) < 4.78 is 12.8. The molecule has 1 aliphatic rings. The summed E-state index contributed by atoms with van der Waals surface area (Å²) in [5, 5.41) is 9.36. The average molecular weight is 251 g/mol. The van der Waals surface area contributed by atoms with Gasteiger partial charge in [0, 0.05) is 13.6 Å². The van der Waals surface area contributed by atoms with E-state index < -0.39 is 5.41 Å². The zero-order valence-corrected chi connectivity index (χ0v) is 10.5. The summed E-state index contributed by atoms with van der Waals surface area (Å²) in [5.74, 6) is -0.292. The Kier molecular flexibility index (Phi) is 3.66. The quantitative estimate of drug-likeness (QED) is 0.888. The molecule has 18 heavy (non-hydrogen) atoms. The highest BCUT2D eigenvalue weighted by Crippen LogP contribution is 2.41. The number of aliphatic hydroxyl groups is 1. The third kappa shape index (κ3) is 2.38. The molecule has 2 rings (SSSR count). The molecule has 1 saturated carbocycles. The lowest BCUT2D eigenvalue weighted by molar-refractivity contribution is -0.150. The van der Waals surface area contributed by atoms with E-state index >= 15 is 0 Å². The molecule has 3 nitrogen and oxygen atoms in total. The monoisotopic (exact) mass is 251 g/mol. The van der Waals surface area contributed by atoms with Crippen molar-refractivity contribution in [3.05, 3.63) is 35.6 Å². The maximum absolute atomic E-state index is 12.8. The molecule has 98 valence electrons. The Hall–Kier alpha value is -1.42. The first-order valence-corrected chi connectivity index (χ1v) is 6.18. The van der Waals surface area contributed by atoms with Crippen LogP contribution in [-0.2, 0) is 11.3 Å². The molecule has 1 aromatic carbocycles. The van der Waals surface area contributed by atoms with Crippen LogP contribution in [0.3, 0.4) is 0 Å². The van der Waals surface area contributed by atoms with E-state index in [9.17, 15) is 14.3 Å². The van der Waals surface area contributed by atoms with Crippen molar-refractivity contribution in [2.75, 3.05) is 13.7 Å². The zero-order valence-electron chi connectivity index (χ0n) is 10.5. The molecule has 0 bridgehead atoms. The molecule has 0 radical (unpaired) electrons. The first-order chi connectivity index (χ1) is 8.57. The van der Waals surface area contributed by atoms with E-state index in [4.69, 9.17) is 0 Å². The third-order valence-electron chi connectivity index (χ3n) is 3.75. The first kappa shape index (κ1) is 13.0. The molecule has 0 heterocycles. The van der Waals surface area contributed by atoms with Crippen molar-refractivity contribution in [1.82, 2.24) is 4.90 Å². The molecule has 1 amide bonds. The van der Waals surface area contributed by atoms with Crippen LogP contribution in [0.2, 0.25) is 0 Å². The highest BCUT2D eigenvalue weighted by Gasteiger charge is 2.44. The summed E-state index contributed by atoms with van der Waals surface area (Å²) in [6, 6.07) is 6.12. The van der Waals surface area contributed by atoms with E-state index in [1.54, 1.807) is 24.1 Å². The lowest BCUT2D eigenvalue weighted by Crippen LogP contribution is -2.48. The Morgan fingerprint density at radius 3 is 2.44 bits per heavy atom. The van der Waals surface area contributed by atoms with Crippen LogP contribution >= 0.6 is 0 Å². The fraction of sp³-hybridized carbons (Fsp3) is 0.500. The molecule has 4 heteroatoms. The van der Waals surface area contributed by atoms with Gasteiger partial charge in [-0.1, -0.05) is 18.6 Å². The van der Waals surface area contributed by atoms with E-state index in [0.717, 1.165) is 24.8 Å². The van der Waals surface area contributed by atoms with Crippen LogP contribution in [0.1, 0.15) is 24.8 Å². The van der Waals surface area contributed by atoms with Gasteiger partial charge in [0.05, 0.1) is 12.0 Å². The smallest absolute Gasteiger partial charge is 0.231 e. The number of carbonyl (C=O) groups is 1. The number of aliphatic hydroxyl groups excluding tert-OH is 1. The number of nitrogens with zero attached hydrogens (tertiary/aromatic N) is 1. The van der Waals surface area contributed by atoms with Gasteiger partial charge >= 0.3 is 0 Å². The van der Waals surface area contributed by atoms with Gasteiger partial charge in [-0.3, -0.25) is 4.79 Å². The van der Waals surface area contributed by atoms with Crippen LogP contribution in [0, 0.1) is 11.2 Å². The van der Waals surface area contributed by atoms with Crippen molar-refractivity contribution in [3.8, 4) is 0 Å². The van der Waals surface area contributed by atoms with Crippen molar-refractivity contribution in [2.24, 2.45) is 5.41 Å². The van der Waals surface area contributed by atoms with Crippen LogP contribution in [0.5, 0.6) is 0 Å². The average Bonchev–Trinajstić information content (AvgIpc) is 2.31. The van der Waals surface area contributed by atoms with Crippen LogP contribution in [-0.4, -0.2) is 29.6 Å². The number of carbonyl (C=O) groups excluding carboxylic acids is 1. The van der Waals surface area contributed by atoms with E-state index in [0.29, 0.717) is 6.54 Å². The SMILES string of the molecule is CN(Cc1ccc(F)cc1)C(=O)C1(CO)CCC1. The van der Waals surface area contributed by atoms with Gasteiger partial charge in [0.25, 0.3) is 0 Å². The summed E-state index contributed by atoms with van der Waals surface area (Å²) >= 11 is 0. The largest absolute Gasteiger partial charge is 0.395 e. The fourth-order valence-electron chi connectivity index (χ4n) is 2.38. The number of rotatable bonds is 4. The Labute approximate surface area is 106 Å². The minimum atomic E-state index is -0.561. The number of benzene rings is 1. The summed E-state index contributed by atoms with van der Waals surface area (Å²) in [5.41, 5.74) is 0.328. The van der Waals surface area contributed by atoms with Gasteiger partial charge in [-0.15, -0.1) is 0 Å². The normalized spacial score (nSPS) is 17.1. The second-order valence-electron chi connectivity index (χ2n) is 5.08. The standard InChI is InChI=1S/C14H18FNO2/c1-16(9-11-3-5-12(15)6-4-11)13(18)14(10-17)7-2-8-14/h3-6,17H,2,7-10H2,1H3. The highest BCUT2D eigenvalue weighted by atomic mass is 19.1. The van der Waals surface area contributed by atoms with Crippen LogP contribution in [0.15, 0.2) is 24.3 Å². The van der Waals surface area contributed by atoms with Gasteiger partial charge in [-0.25, -0.2) is 4.39 Å². The number of halogens is 1. The van der Waals surface area contributed by atoms with Crippen LogP contribution < -0.4 is 0 Å². The maximum Gasteiger partial charge on any atom is 0.231 e. The molecule has 0 saturated heterocycles. The second-order valence-corrected chi connectivity index (χ2v) is 5.08. The molecule has 0 atom stereocenters. The molecule has 0 aromatic heterocycles. The highest BCUT2D eigenvalue weighted by molar-refractivity contribution is 5.83. The minimum absolute atomic E-state index is 0.0134. The summed E-state index contributed by atoms with van der Waals surface area (Å²) in [7, 11) is 1.72. The van der Waals surface area contributed by atoms with E-state index in [2.05, 4.69) is 0 Å². The lowest BCUT2D eigenvalue weighted by atomic mass is 9.68. The van der Waals surface area contributed by atoms with Gasteiger partial charge in [0.1, 0.15) is 5.82 Å². The third-order valence-corrected chi connectivity index (χ3v) is 3.75. The van der Waals surface area contributed by atoms with Crippen molar-refractivity contribution in [2.45, 2.75) is 25.8 Å². The minimum Gasteiger partial charge on any atom is -0.395 e. The van der Waals surface area contributed by atoms with Crippen molar-refractivity contribution >= 4 is 5.91 Å². The molecule has 0 aliphatic heterocycles. The van der Waals surface area contributed by atoms with Crippen molar-refractivity contribution in [3.63, 3.8) is 0 Å². The van der Waals surface area contributed by atoms with Crippen molar-refractivity contribution in [1.29, 1.82) is 0 Å². The van der Waals surface area contributed by atoms with Crippen LogP contribution in [0.4, 0.5) is 4.39 Å². The first-order valence-electron chi connectivity index (χ1n) is 6.18. The van der Waals surface area contributed by atoms with Gasteiger partial charge < -0.3 is 10.0 Å².